The number of aromatic nitrogens is 1. The molecule has 0 aliphatic rings. The SMILES string of the molecule is CCC(C)N(CC)S(=O)(=O)c1ccc(N)c2cccnc12. The second-order valence-corrected chi connectivity index (χ2v) is 6.88. The summed E-state index contributed by atoms with van der Waals surface area (Å²) in [5.74, 6) is 0. The number of fused-ring (bicyclic) bond motifs is 1. The zero-order chi connectivity index (χ0) is 15.6. The van der Waals surface area contributed by atoms with Gasteiger partial charge >= 0.3 is 0 Å². The highest BCUT2D eigenvalue weighted by atomic mass is 32.2. The predicted octanol–water partition coefficient (Wildman–Crippen LogP) is 2.63. The Balaban J connectivity index is 2.68. The summed E-state index contributed by atoms with van der Waals surface area (Å²) in [7, 11) is -3.59. The second kappa shape index (κ2) is 5.99. The molecule has 2 rings (SSSR count). The molecule has 1 unspecified atom stereocenters. The maximum absolute atomic E-state index is 12.9. The third-order valence-corrected chi connectivity index (χ3v) is 5.87. The van der Waals surface area contributed by atoms with Gasteiger partial charge in [0.05, 0.1) is 5.52 Å². The number of sulfonamides is 1. The van der Waals surface area contributed by atoms with Crippen LogP contribution in [0.3, 0.4) is 0 Å². The normalized spacial score (nSPS) is 13.7. The number of benzene rings is 1. The van der Waals surface area contributed by atoms with Gasteiger partial charge in [0.2, 0.25) is 10.0 Å². The maximum atomic E-state index is 12.9. The lowest BCUT2D eigenvalue weighted by Crippen LogP contribution is -2.38. The monoisotopic (exact) mass is 307 g/mol. The molecule has 0 radical (unpaired) electrons. The number of pyridine rings is 1. The minimum Gasteiger partial charge on any atom is -0.398 e. The van der Waals surface area contributed by atoms with Crippen LogP contribution in [0.5, 0.6) is 0 Å². The minimum absolute atomic E-state index is 0.0590. The molecule has 0 bridgehead atoms. The van der Waals surface area contributed by atoms with Gasteiger partial charge in [0.25, 0.3) is 0 Å². The van der Waals surface area contributed by atoms with Gasteiger partial charge in [0.1, 0.15) is 4.90 Å². The van der Waals surface area contributed by atoms with Gasteiger partial charge in [-0.25, -0.2) is 8.42 Å². The van der Waals surface area contributed by atoms with Gasteiger partial charge in [-0.1, -0.05) is 13.8 Å². The number of nitrogen functional groups attached to an aromatic ring is 1. The average Bonchev–Trinajstić information content (AvgIpc) is 2.47. The topological polar surface area (TPSA) is 76.3 Å². The van der Waals surface area contributed by atoms with Gasteiger partial charge in [-0.3, -0.25) is 4.98 Å². The molecular weight excluding hydrogens is 286 g/mol. The summed E-state index contributed by atoms with van der Waals surface area (Å²) in [6, 6.07) is 6.65. The van der Waals surface area contributed by atoms with Crippen LogP contribution in [-0.2, 0) is 10.0 Å². The molecule has 0 saturated carbocycles. The first-order valence-corrected chi connectivity index (χ1v) is 8.52. The Morgan fingerprint density at radius 1 is 1.29 bits per heavy atom. The number of hydrogen-bond acceptors (Lipinski definition) is 4. The van der Waals surface area contributed by atoms with Crippen molar-refractivity contribution in [2.45, 2.75) is 38.1 Å². The highest BCUT2D eigenvalue weighted by Gasteiger charge is 2.29. The van der Waals surface area contributed by atoms with Crippen LogP contribution >= 0.6 is 0 Å². The smallest absolute Gasteiger partial charge is 0.245 e. The summed E-state index contributed by atoms with van der Waals surface area (Å²) in [5.41, 5.74) is 6.88. The van der Waals surface area contributed by atoms with Crippen molar-refractivity contribution in [3.8, 4) is 0 Å². The fourth-order valence-corrected chi connectivity index (χ4v) is 4.29. The molecule has 21 heavy (non-hydrogen) atoms. The Morgan fingerprint density at radius 3 is 2.62 bits per heavy atom. The molecular formula is C15H21N3O2S. The largest absolute Gasteiger partial charge is 0.398 e. The summed E-state index contributed by atoms with van der Waals surface area (Å²) in [6.07, 6.45) is 2.34. The van der Waals surface area contributed by atoms with Crippen molar-refractivity contribution >= 4 is 26.6 Å². The van der Waals surface area contributed by atoms with Gasteiger partial charge in [0, 0.05) is 29.9 Å². The summed E-state index contributed by atoms with van der Waals surface area (Å²) in [5, 5.41) is 0.666. The lowest BCUT2D eigenvalue weighted by Gasteiger charge is -2.26. The lowest BCUT2D eigenvalue weighted by molar-refractivity contribution is 0.343. The number of rotatable bonds is 5. The van der Waals surface area contributed by atoms with E-state index in [4.69, 9.17) is 5.73 Å². The standard InChI is InChI=1S/C15H21N3O2S/c1-4-11(3)18(5-2)21(19,20)14-9-8-13(16)12-7-6-10-17-15(12)14/h6-11H,4-5,16H2,1-3H3. The summed E-state index contributed by atoms with van der Waals surface area (Å²) in [6.45, 7) is 6.16. The quantitative estimate of drug-likeness (QED) is 0.862. The molecule has 0 saturated heterocycles. The van der Waals surface area contributed by atoms with E-state index in [1.54, 1.807) is 30.5 Å². The van der Waals surface area contributed by atoms with Crippen molar-refractivity contribution in [3.63, 3.8) is 0 Å². The van der Waals surface area contributed by atoms with E-state index in [0.717, 1.165) is 6.42 Å². The van der Waals surface area contributed by atoms with Crippen LogP contribution in [0.25, 0.3) is 10.9 Å². The molecule has 6 heteroatoms. The zero-order valence-electron chi connectivity index (χ0n) is 12.6. The van der Waals surface area contributed by atoms with Crippen LogP contribution < -0.4 is 5.73 Å². The van der Waals surface area contributed by atoms with Gasteiger partial charge < -0.3 is 5.73 Å². The van der Waals surface area contributed by atoms with E-state index >= 15 is 0 Å². The zero-order valence-corrected chi connectivity index (χ0v) is 13.4. The molecule has 2 N–H and O–H groups in total. The van der Waals surface area contributed by atoms with Crippen molar-refractivity contribution in [1.82, 2.24) is 9.29 Å². The van der Waals surface area contributed by atoms with Crippen molar-refractivity contribution in [1.29, 1.82) is 0 Å². The molecule has 114 valence electrons. The van der Waals surface area contributed by atoms with Crippen LogP contribution in [0, 0.1) is 0 Å². The maximum Gasteiger partial charge on any atom is 0.245 e. The number of nitrogens with zero attached hydrogens (tertiary/aromatic N) is 2. The summed E-state index contributed by atoms with van der Waals surface area (Å²) in [4.78, 5) is 4.44. The first kappa shape index (κ1) is 15.7. The van der Waals surface area contributed by atoms with Gasteiger partial charge in [-0.05, 0) is 37.6 Å². The van der Waals surface area contributed by atoms with Crippen molar-refractivity contribution in [2.24, 2.45) is 0 Å². The molecule has 5 nitrogen and oxygen atoms in total. The fraction of sp³-hybridized carbons (Fsp3) is 0.400. The highest BCUT2D eigenvalue weighted by molar-refractivity contribution is 7.89. The Kier molecular flexibility index (Phi) is 4.49. The molecule has 0 aliphatic carbocycles. The van der Waals surface area contributed by atoms with E-state index in [2.05, 4.69) is 4.98 Å². The van der Waals surface area contributed by atoms with E-state index in [1.165, 1.54) is 4.31 Å². The first-order valence-electron chi connectivity index (χ1n) is 7.08. The molecule has 1 aromatic heterocycles. The Bertz CT molecular complexity index is 744. The third-order valence-electron chi connectivity index (χ3n) is 3.75. The third kappa shape index (κ3) is 2.73. The van der Waals surface area contributed by atoms with Crippen LogP contribution in [-0.4, -0.2) is 30.3 Å². The van der Waals surface area contributed by atoms with Crippen LogP contribution in [0.15, 0.2) is 35.4 Å². The minimum atomic E-state index is -3.59. The summed E-state index contributed by atoms with van der Waals surface area (Å²) >= 11 is 0. The Morgan fingerprint density at radius 2 is 2.00 bits per heavy atom. The predicted molar refractivity (Wildman–Crippen MR) is 85.5 cm³/mol. The molecule has 0 amide bonds. The van der Waals surface area contributed by atoms with Crippen LogP contribution in [0.4, 0.5) is 5.69 Å². The molecule has 1 aromatic carbocycles. The van der Waals surface area contributed by atoms with Crippen molar-refractivity contribution in [3.05, 3.63) is 30.5 Å². The first-order chi connectivity index (χ1) is 9.93. The van der Waals surface area contributed by atoms with E-state index in [0.29, 0.717) is 23.1 Å². The average molecular weight is 307 g/mol. The Labute approximate surface area is 125 Å². The van der Waals surface area contributed by atoms with Crippen LogP contribution in [0.2, 0.25) is 0 Å². The number of nitrogens with two attached hydrogens (primary N) is 1. The highest BCUT2D eigenvalue weighted by Crippen LogP contribution is 2.29. The Hall–Kier alpha value is -1.66. The van der Waals surface area contributed by atoms with Crippen molar-refractivity contribution in [2.75, 3.05) is 12.3 Å². The molecule has 0 aliphatic heterocycles. The van der Waals surface area contributed by atoms with Gasteiger partial charge in [-0.15, -0.1) is 0 Å². The molecule has 0 spiro atoms. The van der Waals surface area contributed by atoms with Gasteiger partial charge in [0.15, 0.2) is 0 Å². The summed E-state index contributed by atoms with van der Waals surface area (Å²) < 4.78 is 27.4. The molecule has 0 fully saturated rings. The molecule has 1 heterocycles. The van der Waals surface area contributed by atoms with Crippen LogP contribution in [0.1, 0.15) is 27.2 Å². The van der Waals surface area contributed by atoms with E-state index in [-0.39, 0.29) is 10.9 Å². The van der Waals surface area contributed by atoms with Gasteiger partial charge in [-0.2, -0.15) is 4.31 Å². The van der Waals surface area contributed by atoms with E-state index < -0.39 is 10.0 Å². The lowest BCUT2D eigenvalue weighted by atomic mass is 10.2. The molecule has 1 atom stereocenters. The van der Waals surface area contributed by atoms with E-state index in [1.807, 2.05) is 20.8 Å². The molecule has 2 aromatic rings. The number of anilines is 1. The van der Waals surface area contributed by atoms with Crippen molar-refractivity contribution < 1.29 is 8.42 Å². The van der Waals surface area contributed by atoms with E-state index in [9.17, 15) is 8.42 Å². The number of hydrogen-bond donors (Lipinski definition) is 1. The fourth-order valence-electron chi connectivity index (χ4n) is 2.43. The second-order valence-electron chi connectivity index (χ2n) is 5.02.